The first-order valence-electron chi connectivity index (χ1n) is 3.17. The van der Waals surface area contributed by atoms with Gasteiger partial charge in [0.15, 0.2) is 0 Å². The maximum atomic E-state index is 4.11. The van der Waals surface area contributed by atoms with Crippen molar-refractivity contribution in [3.63, 3.8) is 0 Å². The minimum atomic E-state index is 0.213. The van der Waals surface area contributed by atoms with Crippen LogP contribution in [0.5, 0.6) is 0 Å². The molecule has 0 aromatic carbocycles. The maximum absolute atomic E-state index is 4.11. The summed E-state index contributed by atoms with van der Waals surface area (Å²) < 4.78 is 0. The molecule has 0 fully saturated rings. The third-order valence-corrected chi connectivity index (χ3v) is 1.09. The third-order valence-electron chi connectivity index (χ3n) is 0.768. The Labute approximate surface area is 62.3 Å². The topological polar surface area (TPSA) is 12.0 Å². The second kappa shape index (κ2) is 5.76. The number of dihydropyridines is 1. The lowest BCUT2D eigenvalue weighted by molar-refractivity contribution is 0.919. The molecule has 1 aliphatic heterocycles. The molecule has 1 heterocycles. The Kier molecular flexibility index (Phi) is 5.52. The van der Waals surface area contributed by atoms with E-state index in [9.17, 15) is 0 Å². The molecule has 0 aromatic rings. The van der Waals surface area contributed by atoms with Crippen molar-refractivity contribution in [1.29, 1.82) is 0 Å². The van der Waals surface area contributed by atoms with Gasteiger partial charge in [-0.25, -0.2) is 0 Å². The van der Waals surface area contributed by atoms with Crippen LogP contribution < -0.4 is 5.32 Å². The Morgan fingerprint density at radius 1 is 1.33 bits per heavy atom. The van der Waals surface area contributed by atoms with E-state index in [-0.39, 0.29) is 5.37 Å². The second-order valence-electron chi connectivity index (χ2n) is 1.36. The predicted octanol–water partition coefficient (Wildman–Crippen LogP) is 1.94. The molecule has 1 atom stereocenters. The zero-order valence-electron chi connectivity index (χ0n) is 5.83. The summed E-state index contributed by atoms with van der Waals surface area (Å²) in [6.07, 6.45) is 7.75. The SMILES string of the molecule is CC.SC1C=CC=CN1. The molecule has 0 aromatic heterocycles. The van der Waals surface area contributed by atoms with E-state index in [1.807, 2.05) is 38.3 Å². The van der Waals surface area contributed by atoms with Crippen LogP contribution in [0.25, 0.3) is 0 Å². The van der Waals surface area contributed by atoms with Gasteiger partial charge < -0.3 is 5.32 Å². The molecule has 1 N–H and O–H groups in total. The molecular formula is C7H13NS. The van der Waals surface area contributed by atoms with Crippen LogP contribution in [0.15, 0.2) is 24.4 Å². The Balaban J connectivity index is 0.000000291. The molecule has 1 unspecified atom stereocenters. The van der Waals surface area contributed by atoms with Gasteiger partial charge in [-0.1, -0.05) is 26.0 Å². The monoisotopic (exact) mass is 143 g/mol. The highest BCUT2D eigenvalue weighted by molar-refractivity contribution is 7.81. The number of rotatable bonds is 0. The van der Waals surface area contributed by atoms with E-state index in [0.29, 0.717) is 0 Å². The highest BCUT2D eigenvalue weighted by Gasteiger charge is 1.91. The molecule has 9 heavy (non-hydrogen) atoms. The fraction of sp³-hybridized carbons (Fsp3) is 0.429. The summed E-state index contributed by atoms with van der Waals surface area (Å²) in [5.41, 5.74) is 0. The zero-order valence-corrected chi connectivity index (χ0v) is 6.73. The quantitative estimate of drug-likeness (QED) is 0.494. The Hall–Kier alpha value is -0.370. The Bertz CT molecular complexity index is 107. The van der Waals surface area contributed by atoms with E-state index in [4.69, 9.17) is 0 Å². The van der Waals surface area contributed by atoms with Gasteiger partial charge in [0, 0.05) is 0 Å². The van der Waals surface area contributed by atoms with E-state index in [0.717, 1.165) is 0 Å². The Morgan fingerprint density at radius 2 is 2.00 bits per heavy atom. The van der Waals surface area contributed by atoms with Crippen LogP contribution in [-0.2, 0) is 0 Å². The van der Waals surface area contributed by atoms with Crippen LogP contribution in [0.4, 0.5) is 0 Å². The normalized spacial score (nSPS) is 21.9. The van der Waals surface area contributed by atoms with E-state index < -0.39 is 0 Å². The maximum Gasteiger partial charge on any atom is 0.0878 e. The van der Waals surface area contributed by atoms with Crippen LogP contribution in [0.2, 0.25) is 0 Å². The van der Waals surface area contributed by atoms with Gasteiger partial charge in [-0.3, -0.25) is 0 Å². The standard InChI is InChI=1S/C5H7NS.C2H6/c7-5-3-1-2-4-6-5;1-2/h1-7H;1-2H3. The molecule has 0 spiro atoms. The average molecular weight is 143 g/mol. The number of hydrogen-bond donors (Lipinski definition) is 2. The van der Waals surface area contributed by atoms with E-state index >= 15 is 0 Å². The minimum absolute atomic E-state index is 0.213. The average Bonchev–Trinajstić information content (AvgIpc) is 1.94. The molecule has 1 aliphatic rings. The van der Waals surface area contributed by atoms with Crippen molar-refractivity contribution in [3.8, 4) is 0 Å². The van der Waals surface area contributed by atoms with Crippen molar-refractivity contribution in [2.45, 2.75) is 19.2 Å². The molecule has 0 amide bonds. The molecular weight excluding hydrogens is 130 g/mol. The van der Waals surface area contributed by atoms with Gasteiger partial charge in [0.2, 0.25) is 0 Å². The van der Waals surface area contributed by atoms with Crippen LogP contribution in [0, 0.1) is 0 Å². The molecule has 0 saturated carbocycles. The lowest BCUT2D eigenvalue weighted by Gasteiger charge is -2.06. The first-order chi connectivity index (χ1) is 4.39. The van der Waals surface area contributed by atoms with Gasteiger partial charge in [0.05, 0.1) is 5.37 Å². The van der Waals surface area contributed by atoms with Crippen molar-refractivity contribution in [3.05, 3.63) is 24.4 Å². The fourth-order valence-electron chi connectivity index (χ4n) is 0.435. The van der Waals surface area contributed by atoms with Gasteiger partial charge in [0.1, 0.15) is 0 Å². The molecule has 1 nitrogen and oxygen atoms in total. The largest absolute Gasteiger partial charge is 0.376 e. The summed E-state index contributed by atoms with van der Waals surface area (Å²) in [5.74, 6) is 0. The molecule has 52 valence electrons. The van der Waals surface area contributed by atoms with Crippen LogP contribution in [-0.4, -0.2) is 5.37 Å². The van der Waals surface area contributed by atoms with Gasteiger partial charge in [-0.15, -0.1) is 0 Å². The summed E-state index contributed by atoms with van der Waals surface area (Å²) in [6, 6.07) is 0. The molecule has 2 heteroatoms. The van der Waals surface area contributed by atoms with Gasteiger partial charge >= 0.3 is 0 Å². The van der Waals surface area contributed by atoms with E-state index in [2.05, 4.69) is 17.9 Å². The summed E-state index contributed by atoms with van der Waals surface area (Å²) in [7, 11) is 0. The number of nitrogens with one attached hydrogen (secondary N) is 1. The zero-order chi connectivity index (χ0) is 7.11. The number of allylic oxidation sites excluding steroid dienone is 2. The Morgan fingerprint density at radius 3 is 2.22 bits per heavy atom. The molecule has 0 bridgehead atoms. The number of hydrogen-bond acceptors (Lipinski definition) is 2. The van der Waals surface area contributed by atoms with Gasteiger partial charge in [0.25, 0.3) is 0 Å². The highest BCUT2D eigenvalue weighted by atomic mass is 32.1. The lowest BCUT2D eigenvalue weighted by atomic mass is 10.4. The molecule has 0 saturated heterocycles. The van der Waals surface area contributed by atoms with Crippen molar-refractivity contribution in [1.82, 2.24) is 5.32 Å². The first kappa shape index (κ1) is 8.63. The van der Waals surface area contributed by atoms with Gasteiger partial charge in [-0.05, 0) is 12.3 Å². The second-order valence-corrected chi connectivity index (χ2v) is 1.91. The first-order valence-corrected chi connectivity index (χ1v) is 3.69. The highest BCUT2D eigenvalue weighted by Crippen LogP contribution is 1.95. The summed E-state index contributed by atoms with van der Waals surface area (Å²) in [5, 5.41) is 3.19. The van der Waals surface area contributed by atoms with Crippen LogP contribution in [0.1, 0.15) is 13.8 Å². The van der Waals surface area contributed by atoms with Gasteiger partial charge in [-0.2, -0.15) is 12.6 Å². The van der Waals surface area contributed by atoms with Crippen molar-refractivity contribution in [2.75, 3.05) is 0 Å². The number of thiol groups is 1. The molecule has 0 radical (unpaired) electrons. The molecule has 1 rings (SSSR count). The summed E-state index contributed by atoms with van der Waals surface area (Å²) >= 11 is 4.11. The van der Waals surface area contributed by atoms with Crippen molar-refractivity contribution >= 4 is 12.6 Å². The van der Waals surface area contributed by atoms with Crippen LogP contribution >= 0.6 is 12.6 Å². The van der Waals surface area contributed by atoms with E-state index in [1.54, 1.807) is 0 Å². The van der Waals surface area contributed by atoms with Crippen molar-refractivity contribution in [2.24, 2.45) is 0 Å². The lowest BCUT2D eigenvalue weighted by Crippen LogP contribution is -2.16. The smallest absolute Gasteiger partial charge is 0.0878 e. The fourth-order valence-corrected chi connectivity index (χ4v) is 0.620. The van der Waals surface area contributed by atoms with Crippen LogP contribution in [0.3, 0.4) is 0 Å². The minimum Gasteiger partial charge on any atom is -0.376 e. The van der Waals surface area contributed by atoms with Crippen molar-refractivity contribution < 1.29 is 0 Å². The predicted molar refractivity (Wildman–Crippen MR) is 45.5 cm³/mol. The molecule has 0 aliphatic carbocycles. The van der Waals surface area contributed by atoms with E-state index in [1.165, 1.54) is 0 Å². The third kappa shape index (κ3) is 4.15. The summed E-state index contributed by atoms with van der Waals surface area (Å²) in [6.45, 7) is 4.00. The summed E-state index contributed by atoms with van der Waals surface area (Å²) in [4.78, 5) is 0.